The van der Waals surface area contributed by atoms with Gasteiger partial charge in [-0.25, -0.2) is 0 Å². The number of halogens is 3. The summed E-state index contributed by atoms with van der Waals surface area (Å²) in [5.74, 6) is 0. The van der Waals surface area contributed by atoms with Crippen LogP contribution in [0.4, 0.5) is 8.78 Å². The van der Waals surface area contributed by atoms with Crippen LogP contribution in [-0.2, 0) is 0 Å². The Labute approximate surface area is 71.1 Å². The van der Waals surface area contributed by atoms with Crippen LogP contribution in [0.25, 0.3) is 0 Å². The number of rotatable bonds is 0. The molecule has 4 heteroatoms. The van der Waals surface area contributed by atoms with Gasteiger partial charge >= 0.3 is 0 Å². The molecule has 0 radical (unpaired) electrons. The fourth-order valence-corrected chi connectivity index (χ4v) is 1.18. The first-order chi connectivity index (χ1) is 4.70. The summed E-state index contributed by atoms with van der Waals surface area (Å²) in [7, 11) is 0. The molecule has 11 heavy (non-hydrogen) atoms. The Bertz CT molecular complexity index is 145. The van der Waals surface area contributed by atoms with Gasteiger partial charge in [-0.15, -0.1) is 12.4 Å². The van der Waals surface area contributed by atoms with Crippen LogP contribution in [0.5, 0.6) is 0 Å². The highest BCUT2D eigenvalue weighted by Gasteiger charge is 2.15. The minimum atomic E-state index is -1.49. The predicted molar refractivity (Wildman–Crippen MR) is 42.9 cm³/mol. The smallest absolute Gasteiger partial charge is 0.269 e. The highest BCUT2D eigenvalue weighted by Crippen LogP contribution is 2.26. The van der Waals surface area contributed by atoms with Gasteiger partial charge in [-0.05, 0) is 31.3 Å². The van der Waals surface area contributed by atoms with Gasteiger partial charge in [0.1, 0.15) is 0 Å². The molecular weight excluding hydrogens is 172 g/mol. The zero-order valence-corrected chi connectivity index (χ0v) is 6.96. The number of hydrogen-bond donors (Lipinski definition) is 1. The lowest BCUT2D eigenvalue weighted by atomic mass is 9.92. The molecule has 1 rings (SSSR count). The van der Waals surface area contributed by atoms with Crippen LogP contribution in [-0.4, -0.2) is 6.04 Å². The van der Waals surface area contributed by atoms with E-state index in [0.717, 1.165) is 0 Å². The molecule has 0 spiro atoms. The lowest BCUT2D eigenvalue weighted by Gasteiger charge is -2.18. The topological polar surface area (TPSA) is 26.0 Å². The Kier molecular flexibility index (Phi) is 4.61. The van der Waals surface area contributed by atoms with Gasteiger partial charge in [-0.3, -0.25) is 0 Å². The number of allylic oxidation sites excluding steroid dienone is 1. The third-order valence-corrected chi connectivity index (χ3v) is 1.90. The highest BCUT2D eigenvalue weighted by molar-refractivity contribution is 5.85. The van der Waals surface area contributed by atoms with Gasteiger partial charge in [-0.2, -0.15) is 8.78 Å². The monoisotopic (exact) mass is 183 g/mol. The number of hydrogen-bond acceptors (Lipinski definition) is 1. The summed E-state index contributed by atoms with van der Waals surface area (Å²) in [6.07, 6.45) is 0.915. The summed E-state index contributed by atoms with van der Waals surface area (Å²) in [6, 6.07) is 0.142. The van der Waals surface area contributed by atoms with Crippen LogP contribution in [0, 0.1) is 0 Å². The molecule has 0 aromatic rings. The summed E-state index contributed by atoms with van der Waals surface area (Å²) in [5, 5.41) is 0. The highest BCUT2D eigenvalue weighted by atomic mass is 35.5. The van der Waals surface area contributed by atoms with Gasteiger partial charge < -0.3 is 5.73 Å². The molecule has 1 nitrogen and oxygen atoms in total. The van der Waals surface area contributed by atoms with E-state index in [9.17, 15) is 8.78 Å². The standard InChI is InChI=1S/C7H11F2N.ClH/c8-7(9)5-1-3-6(10)4-2-5;/h6H,1-4,10H2;1H. The quantitative estimate of drug-likeness (QED) is 0.614. The van der Waals surface area contributed by atoms with Crippen molar-refractivity contribution in [2.24, 2.45) is 5.73 Å². The van der Waals surface area contributed by atoms with Gasteiger partial charge in [0.05, 0.1) is 0 Å². The van der Waals surface area contributed by atoms with E-state index in [-0.39, 0.29) is 18.4 Å². The fourth-order valence-electron chi connectivity index (χ4n) is 1.18. The molecule has 0 atom stereocenters. The summed E-state index contributed by atoms with van der Waals surface area (Å²) in [6.45, 7) is 0. The zero-order chi connectivity index (χ0) is 7.56. The second-order valence-electron chi connectivity index (χ2n) is 2.70. The summed E-state index contributed by atoms with van der Waals surface area (Å²) < 4.78 is 23.8. The Morgan fingerprint density at radius 3 is 2.09 bits per heavy atom. The van der Waals surface area contributed by atoms with E-state index in [1.807, 2.05) is 0 Å². The molecular formula is C7H12ClF2N. The van der Waals surface area contributed by atoms with Crippen LogP contribution < -0.4 is 5.73 Å². The van der Waals surface area contributed by atoms with Crippen LogP contribution >= 0.6 is 12.4 Å². The maximum absolute atomic E-state index is 11.9. The molecule has 0 saturated heterocycles. The second kappa shape index (κ2) is 4.67. The van der Waals surface area contributed by atoms with Crippen LogP contribution in [0.2, 0.25) is 0 Å². The molecule has 1 fully saturated rings. The molecule has 0 heterocycles. The van der Waals surface area contributed by atoms with Crippen molar-refractivity contribution in [2.45, 2.75) is 31.7 Å². The van der Waals surface area contributed by atoms with E-state index in [0.29, 0.717) is 31.3 Å². The lowest BCUT2D eigenvalue weighted by molar-refractivity contribution is 0.385. The van der Waals surface area contributed by atoms with Gasteiger partial charge in [0, 0.05) is 6.04 Å². The predicted octanol–water partition coefficient (Wildman–Crippen LogP) is 2.46. The SMILES string of the molecule is Cl.NC1CCC(=C(F)F)CC1. The molecule has 0 aliphatic heterocycles. The Morgan fingerprint density at radius 1 is 1.27 bits per heavy atom. The van der Waals surface area contributed by atoms with E-state index >= 15 is 0 Å². The molecule has 1 saturated carbocycles. The Morgan fingerprint density at radius 2 is 1.73 bits per heavy atom. The van der Waals surface area contributed by atoms with E-state index in [2.05, 4.69) is 0 Å². The average Bonchev–Trinajstić information content (AvgIpc) is 1.88. The molecule has 1 aliphatic rings. The fraction of sp³-hybridized carbons (Fsp3) is 0.714. The molecule has 2 N–H and O–H groups in total. The van der Waals surface area contributed by atoms with Crippen molar-refractivity contribution >= 4 is 12.4 Å². The molecule has 0 bridgehead atoms. The largest absolute Gasteiger partial charge is 0.328 e. The van der Waals surface area contributed by atoms with Crippen molar-refractivity contribution in [1.29, 1.82) is 0 Å². The summed E-state index contributed by atoms with van der Waals surface area (Å²) >= 11 is 0. The third-order valence-electron chi connectivity index (χ3n) is 1.90. The van der Waals surface area contributed by atoms with E-state index in [1.165, 1.54) is 0 Å². The Hall–Kier alpha value is -0.150. The Balaban J connectivity index is 0.000001000. The molecule has 0 aromatic heterocycles. The van der Waals surface area contributed by atoms with Crippen molar-refractivity contribution in [2.75, 3.05) is 0 Å². The van der Waals surface area contributed by atoms with Crippen LogP contribution in [0.3, 0.4) is 0 Å². The van der Waals surface area contributed by atoms with Crippen LogP contribution in [0.1, 0.15) is 25.7 Å². The first-order valence-electron chi connectivity index (χ1n) is 3.48. The third kappa shape index (κ3) is 3.16. The minimum Gasteiger partial charge on any atom is -0.328 e. The van der Waals surface area contributed by atoms with Gasteiger partial charge in [0.15, 0.2) is 0 Å². The summed E-state index contributed by atoms with van der Waals surface area (Å²) in [4.78, 5) is 0. The van der Waals surface area contributed by atoms with E-state index in [1.54, 1.807) is 0 Å². The first kappa shape index (κ1) is 10.8. The normalized spacial score (nSPS) is 24.3. The van der Waals surface area contributed by atoms with Crippen molar-refractivity contribution in [3.8, 4) is 0 Å². The zero-order valence-electron chi connectivity index (χ0n) is 6.15. The van der Waals surface area contributed by atoms with E-state index < -0.39 is 6.08 Å². The van der Waals surface area contributed by atoms with Gasteiger partial charge in [0.25, 0.3) is 6.08 Å². The molecule has 0 amide bonds. The second-order valence-corrected chi connectivity index (χ2v) is 2.70. The lowest BCUT2D eigenvalue weighted by Crippen LogP contribution is -2.23. The minimum absolute atomic E-state index is 0. The maximum Gasteiger partial charge on any atom is 0.269 e. The molecule has 0 aromatic carbocycles. The average molecular weight is 184 g/mol. The number of nitrogens with two attached hydrogens (primary N) is 1. The van der Waals surface area contributed by atoms with E-state index in [4.69, 9.17) is 5.73 Å². The van der Waals surface area contributed by atoms with Crippen LogP contribution in [0.15, 0.2) is 11.7 Å². The van der Waals surface area contributed by atoms with Crippen molar-refractivity contribution < 1.29 is 8.78 Å². The van der Waals surface area contributed by atoms with Crippen molar-refractivity contribution in [3.63, 3.8) is 0 Å². The van der Waals surface area contributed by atoms with Gasteiger partial charge in [0.2, 0.25) is 0 Å². The molecule has 1 aliphatic carbocycles. The maximum atomic E-state index is 11.9. The molecule has 0 unspecified atom stereocenters. The molecule has 66 valence electrons. The van der Waals surface area contributed by atoms with Crippen molar-refractivity contribution in [1.82, 2.24) is 0 Å². The first-order valence-corrected chi connectivity index (χ1v) is 3.48. The van der Waals surface area contributed by atoms with Crippen molar-refractivity contribution in [3.05, 3.63) is 11.7 Å². The summed E-state index contributed by atoms with van der Waals surface area (Å²) in [5.41, 5.74) is 5.84. The van der Waals surface area contributed by atoms with Gasteiger partial charge in [-0.1, -0.05) is 0 Å².